The fraction of sp³-hybridized carbons (Fsp3) is 0.235. The second-order valence-electron chi connectivity index (χ2n) is 5.33. The smallest absolute Gasteiger partial charge is 0.252 e. The predicted molar refractivity (Wildman–Crippen MR) is 91.9 cm³/mol. The molecule has 0 aromatic heterocycles. The van der Waals surface area contributed by atoms with Gasteiger partial charge < -0.3 is 5.32 Å². The molecule has 0 spiro atoms. The number of alkyl halides is 1. The molecule has 0 aliphatic heterocycles. The van der Waals surface area contributed by atoms with Gasteiger partial charge in [0.15, 0.2) is 0 Å². The van der Waals surface area contributed by atoms with Gasteiger partial charge in [-0.1, -0.05) is 62.2 Å². The average molecular weight is 409 g/mol. The lowest BCUT2D eigenvalue weighted by Gasteiger charge is -2.18. The van der Waals surface area contributed by atoms with E-state index in [2.05, 4.69) is 49.3 Å². The van der Waals surface area contributed by atoms with E-state index in [1.54, 1.807) is 0 Å². The maximum atomic E-state index is 12.6. The summed E-state index contributed by atoms with van der Waals surface area (Å²) in [5.41, 5.74) is 4.21. The van der Waals surface area contributed by atoms with Crippen LogP contribution in [0.2, 0.25) is 0 Å². The molecule has 2 aromatic carbocycles. The summed E-state index contributed by atoms with van der Waals surface area (Å²) in [6.07, 6.45) is 0.943. The molecule has 0 radical (unpaired) electrons. The van der Waals surface area contributed by atoms with Gasteiger partial charge in [0.2, 0.25) is 0 Å². The van der Waals surface area contributed by atoms with Gasteiger partial charge in [0.25, 0.3) is 5.91 Å². The van der Waals surface area contributed by atoms with Crippen molar-refractivity contribution in [3.05, 3.63) is 69.2 Å². The number of halogens is 2. The number of nitrogens with one attached hydrogen (secondary N) is 1. The van der Waals surface area contributed by atoms with Crippen molar-refractivity contribution in [1.29, 1.82) is 0 Å². The minimum atomic E-state index is -0.0278. The maximum Gasteiger partial charge on any atom is 0.252 e. The second kappa shape index (κ2) is 5.93. The highest BCUT2D eigenvalue weighted by molar-refractivity contribution is 9.10. The standard InChI is InChI=1S/C17H15Br2NO/c1-10-6-7-12(18)9-14(10)17(21)20-16-13-5-3-2-4-11(13)8-15(16)19/h2-7,9,15-16H,8H2,1H3,(H,20,21). The summed E-state index contributed by atoms with van der Waals surface area (Å²) in [5, 5.41) is 3.16. The Balaban J connectivity index is 1.87. The van der Waals surface area contributed by atoms with Crippen LogP contribution in [0.4, 0.5) is 0 Å². The van der Waals surface area contributed by atoms with Crippen LogP contribution in [0.5, 0.6) is 0 Å². The minimum Gasteiger partial charge on any atom is -0.344 e. The van der Waals surface area contributed by atoms with Crippen molar-refractivity contribution in [2.24, 2.45) is 0 Å². The van der Waals surface area contributed by atoms with Crippen LogP contribution in [0, 0.1) is 6.92 Å². The Bertz CT molecular complexity index is 699. The molecule has 2 nitrogen and oxygen atoms in total. The van der Waals surface area contributed by atoms with Crippen molar-refractivity contribution in [1.82, 2.24) is 5.32 Å². The van der Waals surface area contributed by atoms with E-state index in [1.165, 1.54) is 11.1 Å². The van der Waals surface area contributed by atoms with Crippen molar-refractivity contribution in [3.63, 3.8) is 0 Å². The zero-order valence-electron chi connectivity index (χ0n) is 11.6. The Hall–Kier alpha value is -1.13. The van der Waals surface area contributed by atoms with Crippen molar-refractivity contribution >= 4 is 37.8 Å². The van der Waals surface area contributed by atoms with Crippen LogP contribution in [0.15, 0.2) is 46.9 Å². The van der Waals surface area contributed by atoms with Gasteiger partial charge in [-0.05, 0) is 42.2 Å². The van der Waals surface area contributed by atoms with Crippen molar-refractivity contribution in [2.75, 3.05) is 0 Å². The number of aryl methyl sites for hydroxylation is 1. The lowest BCUT2D eigenvalue weighted by atomic mass is 10.1. The van der Waals surface area contributed by atoms with E-state index in [0.717, 1.165) is 16.5 Å². The molecule has 1 amide bonds. The number of amides is 1. The van der Waals surface area contributed by atoms with E-state index in [9.17, 15) is 4.79 Å². The fourth-order valence-corrected chi connectivity index (χ4v) is 3.90. The molecule has 0 saturated heterocycles. The third-order valence-corrected chi connectivity index (χ3v) is 5.24. The molecule has 2 atom stereocenters. The van der Waals surface area contributed by atoms with Crippen molar-refractivity contribution < 1.29 is 4.79 Å². The topological polar surface area (TPSA) is 29.1 Å². The van der Waals surface area contributed by atoms with Gasteiger partial charge in [0.05, 0.1) is 6.04 Å². The molecule has 1 N–H and O–H groups in total. The van der Waals surface area contributed by atoms with Crippen LogP contribution < -0.4 is 5.32 Å². The lowest BCUT2D eigenvalue weighted by Crippen LogP contribution is -2.32. The van der Waals surface area contributed by atoms with Crippen LogP contribution in [0.1, 0.15) is 33.1 Å². The first-order chi connectivity index (χ1) is 10.1. The quantitative estimate of drug-likeness (QED) is 0.725. The number of rotatable bonds is 2. The fourth-order valence-electron chi connectivity index (χ4n) is 2.77. The molecule has 2 aromatic rings. The Labute approximate surface area is 141 Å². The Morgan fingerprint density at radius 3 is 2.81 bits per heavy atom. The van der Waals surface area contributed by atoms with E-state index >= 15 is 0 Å². The van der Waals surface area contributed by atoms with Gasteiger partial charge >= 0.3 is 0 Å². The summed E-state index contributed by atoms with van der Waals surface area (Å²) in [4.78, 5) is 12.8. The maximum absolute atomic E-state index is 12.6. The van der Waals surface area contributed by atoms with Gasteiger partial charge in [-0.2, -0.15) is 0 Å². The first-order valence-corrected chi connectivity index (χ1v) is 8.56. The molecule has 108 valence electrons. The predicted octanol–water partition coefficient (Wildman–Crippen LogP) is 4.55. The third-order valence-electron chi connectivity index (χ3n) is 3.90. The van der Waals surface area contributed by atoms with Crippen LogP contribution in [0.25, 0.3) is 0 Å². The highest BCUT2D eigenvalue weighted by atomic mass is 79.9. The number of hydrogen-bond acceptors (Lipinski definition) is 1. The summed E-state index contributed by atoms with van der Waals surface area (Å²) < 4.78 is 0.917. The molecule has 0 fully saturated rings. The first-order valence-electron chi connectivity index (χ1n) is 6.85. The van der Waals surface area contributed by atoms with E-state index < -0.39 is 0 Å². The molecular formula is C17H15Br2NO. The summed E-state index contributed by atoms with van der Waals surface area (Å²) in [6.45, 7) is 1.95. The largest absolute Gasteiger partial charge is 0.344 e. The molecule has 1 aliphatic rings. The van der Waals surface area contributed by atoms with Gasteiger partial charge in [0.1, 0.15) is 0 Å². The summed E-state index contributed by atoms with van der Waals surface area (Å²) in [6, 6.07) is 14.1. The zero-order chi connectivity index (χ0) is 15.0. The second-order valence-corrected chi connectivity index (χ2v) is 7.42. The zero-order valence-corrected chi connectivity index (χ0v) is 14.7. The van der Waals surface area contributed by atoms with Gasteiger partial charge in [-0.3, -0.25) is 4.79 Å². The number of hydrogen-bond donors (Lipinski definition) is 1. The molecule has 4 heteroatoms. The van der Waals surface area contributed by atoms with Crippen LogP contribution in [-0.4, -0.2) is 10.7 Å². The molecule has 2 unspecified atom stereocenters. The van der Waals surface area contributed by atoms with Gasteiger partial charge in [-0.15, -0.1) is 0 Å². The minimum absolute atomic E-state index is 0.0204. The van der Waals surface area contributed by atoms with Crippen LogP contribution in [-0.2, 0) is 6.42 Å². The van der Waals surface area contributed by atoms with Crippen LogP contribution >= 0.6 is 31.9 Å². The Morgan fingerprint density at radius 1 is 1.24 bits per heavy atom. The number of fused-ring (bicyclic) bond motifs is 1. The van der Waals surface area contributed by atoms with E-state index in [0.29, 0.717) is 5.56 Å². The van der Waals surface area contributed by atoms with E-state index in [-0.39, 0.29) is 16.8 Å². The molecule has 1 aliphatic carbocycles. The SMILES string of the molecule is Cc1ccc(Br)cc1C(=O)NC1c2ccccc2CC1Br. The highest BCUT2D eigenvalue weighted by Gasteiger charge is 2.31. The molecule has 0 heterocycles. The Morgan fingerprint density at radius 2 is 2.00 bits per heavy atom. The Kier molecular flexibility index (Phi) is 4.18. The monoisotopic (exact) mass is 407 g/mol. The third kappa shape index (κ3) is 2.92. The molecule has 0 saturated carbocycles. The van der Waals surface area contributed by atoms with Gasteiger partial charge in [0, 0.05) is 14.9 Å². The molecule has 3 rings (SSSR count). The number of carbonyl (C=O) groups is 1. The summed E-state index contributed by atoms with van der Waals surface area (Å²) >= 11 is 7.12. The van der Waals surface area contributed by atoms with E-state index in [4.69, 9.17) is 0 Å². The number of benzene rings is 2. The van der Waals surface area contributed by atoms with Crippen molar-refractivity contribution in [2.45, 2.75) is 24.2 Å². The molecule has 21 heavy (non-hydrogen) atoms. The average Bonchev–Trinajstić information content (AvgIpc) is 2.78. The highest BCUT2D eigenvalue weighted by Crippen LogP contribution is 2.36. The lowest BCUT2D eigenvalue weighted by molar-refractivity contribution is 0.0937. The van der Waals surface area contributed by atoms with Crippen molar-refractivity contribution in [3.8, 4) is 0 Å². The van der Waals surface area contributed by atoms with Crippen LogP contribution in [0.3, 0.4) is 0 Å². The van der Waals surface area contributed by atoms with Gasteiger partial charge in [-0.25, -0.2) is 0 Å². The normalized spacial score (nSPS) is 20.1. The van der Waals surface area contributed by atoms with E-state index in [1.807, 2.05) is 37.3 Å². The first kappa shape index (κ1) is 14.8. The summed E-state index contributed by atoms with van der Waals surface area (Å²) in [7, 11) is 0. The molecular weight excluding hydrogens is 394 g/mol. The molecule has 0 bridgehead atoms. The summed E-state index contributed by atoms with van der Waals surface area (Å²) in [5.74, 6) is -0.0278. The number of carbonyl (C=O) groups excluding carboxylic acids is 1.